The summed E-state index contributed by atoms with van der Waals surface area (Å²) in [6.45, 7) is 0. The lowest BCUT2D eigenvalue weighted by molar-refractivity contribution is -0.116. The minimum absolute atomic E-state index is 0.0216. The lowest BCUT2D eigenvalue weighted by Crippen LogP contribution is -2.07. The Morgan fingerprint density at radius 3 is 2.25 bits per heavy atom. The van der Waals surface area contributed by atoms with Crippen LogP contribution < -0.4 is 0 Å². The van der Waals surface area contributed by atoms with E-state index in [1.165, 1.54) is 0 Å². The number of alkyl halides is 1. The van der Waals surface area contributed by atoms with Crippen LogP contribution in [-0.4, -0.2) is 16.2 Å². The maximum absolute atomic E-state index is 10.5. The Hall–Kier alpha value is 0.660. The minimum atomic E-state index is -0.464. The number of Topliss-reactive ketones (excluding diaryl/α,β-unsaturated/α-hetero) is 1. The number of halogens is 1. The zero-order valence-corrected chi connectivity index (χ0v) is 6.72. The number of hydrogen-bond donors (Lipinski definition) is 2. The molecule has 0 N–H and O–H groups in total. The summed E-state index contributed by atoms with van der Waals surface area (Å²) in [7, 11) is 0. The van der Waals surface area contributed by atoms with Crippen LogP contribution >= 0.6 is 36.9 Å². The molecule has 0 aromatic rings. The van der Waals surface area contributed by atoms with Crippen molar-refractivity contribution >= 4 is 42.6 Å². The van der Waals surface area contributed by atoms with Crippen molar-refractivity contribution in [1.29, 1.82) is 0 Å². The van der Waals surface area contributed by atoms with E-state index in [0.29, 0.717) is 12.3 Å². The van der Waals surface area contributed by atoms with Crippen LogP contribution in [0.3, 0.4) is 0 Å². The van der Waals surface area contributed by atoms with Crippen LogP contribution in [-0.2, 0) is 4.79 Å². The smallest absolute Gasteiger partial charge is 0.156 e. The van der Waals surface area contributed by atoms with Gasteiger partial charge in [-0.2, -0.15) is 25.3 Å². The van der Waals surface area contributed by atoms with Crippen molar-refractivity contribution in [3.8, 4) is 0 Å². The molecule has 0 aliphatic rings. The highest BCUT2D eigenvalue weighted by atomic mass is 35.5. The first-order chi connectivity index (χ1) is 3.68. The highest BCUT2D eigenvalue weighted by molar-refractivity contribution is 8.00. The van der Waals surface area contributed by atoms with E-state index in [9.17, 15) is 4.79 Å². The molecular weight excluding hydrogens is 164 g/mol. The van der Waals surface area contributed by atoms with Crippen molar-refractivity contribution < 1.29 is 4.79 Å². The molecule has 0 aliphatic heterocycles. The van der Waals surface area contributed by atoms with Crippen LogP contribution in [0.2, 0.25) is 0 Å². The monoisotopic (exact) mass is 170 g/mol. The first-order valence-corrected chi connectivity index (χ1v) is 3.70. The van der Waals surface area contributed by atoms with E-state index in [1.54, 1.807) is 0 Å². The van der Waals surface area contributed by atoms with Gasteiger partial charge in [-0.15, -0.1) is 11.6 Å². The van der Waals surface area contributed by atoms with E-state index in [1.807, 2.05) is 0 Å². The normalized spacial score (nSPS) is 10.0. The maximum Gasteiger partial charge on any atom is 0.156 e. The van der Waals surface area contributed by atoms with Gasteiger partial charge in [-0.3, -0.25) is 4.79 Å². The average molecular weight is 171 g/mol. The van der Waals surface area contributed by atoms with E-state index in [0.717, 1.165) is 0 Å². The Morgan fingerprint density at radius 1 is 1.62 bits per heavy atom. The van der Waals surface area contributed by atoms with Crippen LogP contribution in [0, 0.1) is 0 Å². The first kappa shape index (κ1) is 8.66. The fourth-order valence-electron chi connectivity index (χ4n) is 0.222. The molecule has 48 valence electrons. The second-order valence-electron chi connectivity index (χ2n) is 1.28. The molecule has 0 rings (SSSR count). The Morgan fingerprint density at radius 2 is 2.12 bits per heavy atom. The van der Waals surface area contributed by atoms with Crippen molar-refractivity contribution in [2.75, 3.05) is 5.88 Å². The van der Waals surface area contributed by atoms with Gasteiger partial charge < -0.3 is 0 Å². The molecule has 0 fully saturated rings. The number of rotatable bonds is 3. The molecule has 1 nitrogen and oxygen atoms in total. The minimum Gasteiger partial charge on any atom is -0.297 e. The molecular formula is C4H7ClOS2. The van der Waals surface area contributed by atoms with Gasteiger partial charge in [0.05, 0.1) is 0 Å². The molecule has 0 aromatic heterocycles. The zero-order valence-electron chi connectivity index (χ0n) is 4.17. The summed E-state index contributed by atoms with van der Waals surface area (Å²) in [6.07, 6.45) is 0.360. The number of ketones is 1. The number of carbonyl (C=O) groups is 1. The average Bonchev–Trinajstić information content (AvgIpc) is 1.67. The van der Waals surface area contributed by atoms with Crippen LogP contribution in [0.4, 0.5) is 0 Å². The lowest BCUT2D eigenvalue weighted by Gasteiger charge is -1.96. The fourth-order valence-corrected chi connectivity index (χ4v) is 0.667. The quantitative estimate of drug-likeness (QED) is 0.372. The molecule has 0 spiro atoms. The van der Waals surface area contributed by atoms with Gasteiger partial charge in [0.1, 0.15) is 4.58 Å². The first-order valence-electron chi connectivity index (χ1n) is 2.13. The standard InChI is InChI=1S/C4H7ClOS2/c5-2-1-3(6)4(7)8/h4,7-8H,1-2H2. The van der Waals surface area contributed by atoms with Gasteiger partial charge >= 0.3 is 0 Å². The predicted octanol–water partition coefficient (Wildman–Crippen LogP) is 1.37. The van der Waals surface area contributed by atoms with E-state index >= 15 is 0 Å². The highest BCUT2D eigenvalue weighted by Crippen LogP contribution is 2.04. The Balaban J connectivity index is 3.33. The van der Waals surface area contributed by atoms with Gasteiger partial charge in [0, 0.05) is 12.3 Å². The molecule has 0 amide bonds. The molecule has 0 bridgehead atoms. The van der Waals surface area contributed by atoms with Crippen molar-refractivity contribution in [3.05, 3.63) is 0 Å². The molecule has 0 saturated heterocycles. The van der Waals surface area contributed by atoms with Crippen molar-refractivity contribution in [2.45, 2.75) is 11.0 Å². The third-order valence-corrected chi connectivity index (χ3v) is 1.39. The van der Waals surface area contributed by atoms with Crippen molar-refractivity contribution in [1.82, 2.24) is 0 Å². The van der Waals surface area contributed by atoms with Crippen molar-refractivity contribution in [3.63, 3.8) is 0 Å². The van der Waals surface area contributed by atoms with Gasteiger partial charge in [0.15, 0.2) is 5.78 Å². The third kappa shape index (κ3) is 3.64. The van der Waals surface area contributed by atoms with Gasteiger partial charge in [0.25, 0.3) is 0 Å². The van der Waals surface area contributed by atoms with Crippen LogP contribution in [0.15, 0.2) is 0 Å². The summed E-state index contributed by atoms with van der Waals surface area (Å²) in [5.74, 6) is 0.336. The van der Waals surface area contributed by atoms with Gasteiger partial charge in [-0.25, -0.2) is 0 Å². The molecule has 0 saturated carbocycles. The Labute approximate surface area is 64.6 Å². The van der Waals surface area contributed by atoms with Gasteiger partial charge in [-0.1, -0.05) is 0 Å². The van der Waals surface area contributed by atoms with Crippen molar-refractivity contribution in [2.24, 2.45) is 0 Å². The fraction of sp³-hybridized carbons (Fsp3) is 0.750. The maximum atomic E-state index is 10.5. The molecule has 0 aliphatic carbocycles. The summed E-state index contributed by atoms with van der Waals surface area (Å²) in [4.78, 5) is 10.5. The van der Waals surface area contributed by atoms with Crippen LogP contribution in [0.1, 0.15) is 6.42 Å². The van der Waals surface area contributed by atoms with Crippen LogP contribution in [0.5, 0.6) is 0 Å². The van der Waals surface area contributed by atoms with E-state index in [2.05, 4.69) is 25.3 Å². The Bertz CT molecular complexity index is 84.1. The summed E-state index contributed by atoms with van der Waals surface area (Å²) < 4.78 is -0.464. The van der Waals surface area contributed by atoms with Gasteiger partial charge in [0.2, 0.25) is 0 Å². The summed E-state index contributed by atoms with van der Waals surface area (Å²) >= 11 is 12.8. The molecule has 8 heavy (non-hydrogen) atoms. The lowest BCUT2D eigenvalue weighted by atomic mass is 10.3. The Kier molecular flexibility index (Phi) is 4.90. The summed E-state index contributed by atoms with van der Waals surface area (Å²) in [6, 6.07) is 0. The molecule has 0 aromatic carbocycles. The predicted molar refractivity (Wildman–Crippen MR) is 42.1 cm³/mol. The zero-order chi connectivity index (χ0) is 6.57. The topological polar surface area (TPSA) is 17.1 Å². The number of carbonyl (C=O) groups excluding carboxylic acids is 1. The van der Waals surface area contributed by atoms with E-state index < -0.39 is 4.58 Å². The van der Waals surface area contributed by atoms with E-state index in [-0.39, 0.29) is 5.78 Å². The second kappa shape index (κ2) is 4.53. The number of thiol groups is 2. The second-order valence-corrected chi connectivity index (χ2v) is 3.10. The molecule has 4 heteroatoms. The summed E-state index contributed by atoms with van der Waals surface area (Å²) in [5, 5.41) is 0. The van der Waals surface area contributed by atoms with Crippen LogP contribution in [0.25, 0.3) is 0 Å². The van der Waals surface area contributed by atoms with E-state index in [4.69, 9.17) is 11.6 Å². The SMILES string of the molecule is O=C(CCCl)C(S)S. The largest absolute Gasteiger partial charge is 0.297 e. The third-order valence-electron chi connectivity index (χ3n) is 0.629. The van der Waals surface area contributed by atoms with Gasteiger partial charge in [-0.05, 0) is 0 Å². The molecule has 0 heterocycles. The molecule has 0 unspecified atom stereocenters. The number of hydrogen-bond acceptors (Lipinski definition) is 3. The highest BCUT2D eigenvalue weighted by Gasteiger charge is 2.05. The molecule has 0 radical (unpaired) electrons. The molecule has 0 atom stereocenters. The summed E-state index contributed by atoms with van der Waals surface area (Å²) in [5.41, 5.74) is 0.